The van der Waals surface area contributed by atoms with Crippen LogP contribution in [0.2, 0.25) is 0 Å². The molecule has 0 rings (SSSR count). The lowest BCUT2D eigenvalue weighted by molar-refractivity contribution is -0.141. The van der Waals surface area contributed by atoms with E-state index in [0.29, 0.717) is 38.0 Å². The van der Waals surface area contributed by atoms with Crippen molar-refractivity contribution in [2.45, 2.75) is 70.6 Å². The number of aliphatic carboxylic acids is 1. The summed E-state index contributed by atoms with van der Waals surface area (Å²) in [6.07, 6.45) is 3.83. The molecule has 0 heterocycles. The molecule has 0 aromatic rings. The van der Waals surface area contributed by atoms with Gasteiger partial charge in [0, 0.05) is 0 Å². The Bertz CT molecular complexity index is 576. The lowest BCUT2D eigenvalue weighted by Crippen LogP contribution is -2.57. The normalized spacial score (nSPS) is 15.0. The van der Waals surface area contributed by atoms with Crippen LogP contribution in [0.1, 0.15) is 46.5 Å². The molecule has 0 spiro atoms. The van der Waals surface area contributed by atoms with Crippen LogP contribution in [0, 0.1) is 5.92 Å². The van der Waals surface area contributed by atoms with Crippen LogP contribution >= 0.6 is 11.8 Å². The van der Waals surface area contributed by atoms with E-state index in [-0.39, 0.29) is 5.92 Å². The van der Waals surface area contributed by atoms with Gasteiger partial charge in [-0.1, -0.05) is 13.8 Å². The van der Waals surface area contributed by atoms with Crippen molar-refractivity contribution in [1.29, 1.82) is 0 Å². The van der Waals surface area contributed by atoms with Gasteiger partial charge in [0.05, 0.1) is 6.04 Å². The number of amides is 3. The highest BCUT2D eigenvalue weighted by Crippen LogP contribution is 2.07. The first-order valence-electron chi connectivity index (χ1n) is 10.1. The van der Waals surface area contributed by atoms with Crippen molar-refractivity contribution < 1.29 is 24.3 Å². The highest BCUT2D eigenvalue weighted by molar-refractivity contribution is 7.98. The zero-order chi connectivity index (χ0) is 23.3. The standard InChI is InChI=1S/C19H37N5O5S/c1-11(2)15(21)18(27)24-13(7-5-6-9-20)17(26)23-14(8-10-30-4)16(25)22-12(3)19(28)29/h11-15H,5-10,20-21H2,1-4H3,(H,22,25)(H,23,26)(H,24,27)(H,28,29). The fourth-order valence-electron chi connectivity index (χ4n) is 2.48. The summed E-state index contributed by atoms with van der Waals surface area (Å²) in [4.78, 5) is 48.7. The Morgan fingerprint density at radius 1 is 0.900 bits per heavy atom. The van der Waals surface area contributed by atoms with Gasteiger partial charge in [0.2, 0.25) is 17.7 Å². The van der Waals surface area contributed by atoms with Gasteiger partial charge in [-0.25, -0.2) is 0 Å². The second kappa shape index (κ2) is 15.0. The Morgan fingerprint density at radius 2 is 1.43 bits per heavy atom. The number of hydrogen-bond acceptors (Lipinski definition) is 7. The number of carboxylic acid groups (broad SMARTS) is 1. The second-order valence-electron chi connectivity index (χ2n) is 7.53. The van der Waals surface area contributed by atoms with Crippen LogP contribution < -0.4 is 27.4 Å². The van der Waals surface area contributed by atoms with E-state index in [4.69, 9.17) is 16.6 Å². The quantitative estimate of drug-likeness (QED) is 0.180. The summed E-state index contributed by atoms with van der Waals surface area (Å²) in [5.74, 6) is -2.23. The van der Waals surface area contributed by atoms with Gasteiger partial charge in [0.25, 0.3) is 0 Å². The Morgan fingerprint density at radius 3 is 1.93 bits per heavy atom. The Hall–Kier alpha value is -1.85. The molecule has 0 saturated heterocycles. The molecule has 0 saturated carbocycles. The maximum atomic E-state index is 12.9. The molecule has 30 heavy (non-hydrogen) atoms. The predicted molar refractivity (Wildman–Crippen MR) is 118 cm³/mol. The Balaban J connectivity index is 5.29. The Kier molecular flexibility index (Phi) is 14.1. The number of nitrogens with two attached hydrogens (primary N) is 2. The van der Waals surface area contributed by atoms with Gasteiger partial charge in [-0.3, -0.25) is 19.2 Å². The number of carbonyl (C=O) groups is 4. The number of rotatable bonds is 15. The fraction of sp³-hybridized carbons (Fsp3) is 0.789. The summed E-state index contributed by atoms with van der Waals surface area (Å²) in [7, 11) is 0. The number of nitrogens with one attached hydrogen (secondary N) is 3. The molecule has 10 nitrogen and oxygen atoms in total. The molecule has 11 heteroatoms. The molecule has 4 atom stereocenters. The molecular formula is C19H37N5O5S. The molecular weight excluding hydrogens is 410 g/mol. The first kappa shape index (κ1) is 28.1. The minimum Gasteiger partial charge on any atom is -0.480 e. The number of hydrogen-bond donors (Lipinski definition) is 6. The van der Waals surface area contributed by atoms with E-state index >= 15 is 0 Å². The van der Waals surface area contributed by atoms with Crippen LogP contribution in [0.15, 0.2) is 0 Å². The van der Waals surface area contributed by atoms with Crippen LogP contribution in [-0.2, 0) is 19.2 Å². The third-order valence-electron chi connectivity index (χ3n) is 4.57. The van der Waals surface area contributed by atoms with Crippen LogP contribution in [0.3, 0.4) is 0 Å². The van der Waals surface area contributed by atoms with Gasteiger partial charge in [-0.05, 0) is 57.1 Å². The Labute approximate surface area is 182 Å². The molecule has 0 aliphatic carbocycles. The molecule has 0 fully saturated rings. The summed E-state index contributed by atoms with van der Waals surface area (Å²) in [6.45, 7) is 5.41. The highest BCUT2D eigenvalue weighted by Gasteiger charge is 2.29. The summed E-state index contributed by atoms with van der Waals surface area (Å²) in [5, 5.41) is 16.7. The second-order valence-corrected chi connectivity index (χ2v) is 8.51. The lowest BCUT2D eigenvalue weighted by atomic mass is 10.0. The van der Waals surface area contributed by atoms with Crippen LogP contribution in [-0.4, -0.2) is 71.5 Å². The first-order chi connectivity index (χ1) is 14.0. The smallest absolute Gasteiger partial charge is 0.325 e. The molecule has 0 bridgehead atoms. The molecule has 4 unspecified atom stereocenters. The van der Waals surface area contributed by atoms with Gasteiger partial charge >= 0.3 is 5.97 Å². The third kappa shape index (κ3) is 10.8. The predicted octanol–water partition coefficient (Wildman–Crippen LogP) is -0.589. The summed E-state index contributed by atoms with van der Waals surface area (Å²) >= 11 is 1.49. The minimum absolute atomic E-state index is 0.102. The largest absolute Gasteiger partial charge is 0.480 e. The number of unbranched alkanes of at least 4 members (excludes halogenated alkanes) is 1. The van der Waals surface area contributed by atoms with Gasteiger partial charge < -0.3 is 32.5 Å². The topological polar surface area (TPSA) is 177 Å². The highest BCUT2D eigenvalue weighted by atomic mass is 32.2. The number of carbonyl (C=O) groups excluding carboxylic acids is 3. The van der Waals surface area contributed by atoms with E-state index in [2.05, 4.69) is 16.0 Å². The fourth-order valence-corrected chi connectivity index (χ4v) is 2.96. The van der Waals surface area contributed by atoms with Crippen molar-refractivity contribution in [3.63, 3.8) is 0 Å². The van der Waals surface area contributed by atoms with Gasteiger partial charge in [-0.2, -0.15) is 11.8 Å². The average molecular weight is 448 g/mol. The molecule has 8 N–H and O–H groups in total. The molecule has 0 aliphatic heterocycles. The summed E-state index contributed by atoms with van der Waals surface area (Å²) in [5.41, 5.74) is 11.4. The monoisotopic (exact) mass is 447 g/mol. The molecule has 0 aromatic carbocycles. The van der Waals surface area contributed by atoms with E-state index in [1.165, 1.54) is 18.7 Å². The number of thioether (sulfide) groups is 1. The third-order valence-corrected chi connectivity index (χ3v) is 5.22. The van der Waals surface area contributed by atoms with E-state index in [9.17, 15) is 19.2 Å². The maximum Gasteiger partial charge on any atom is 0.325 e. The van der Waals surface area contributed by atoms with E-state index in [1.807, 2.05) is 6.26 Å². The van der Waals surface area contributed by atoms with Crippen molar-refractivity contribution in [3.8, 4) is 0 Å². The van der Waals surface area contributed by atoms with E-state index in [1.54, 1.807) is 13.8 Å². The molecule has 0 aliphatic rings. The molecule has 0 aromatic heterocycles. The lowest BCUT2D eigenvalue weighted by Gasteiger charge is -2.25. The minimum atomic E-state index is -1.17. The molecule has 0 radical (unpaired) electrons. The van der Waals surface area contributed by atoms with Gasteiger partial charge in [-0.15, -0.1) is 0 Å². The summed E-state index contributed by atoms with van der Waals surface area (Å²) < 4.78 is 0. The van der Waals surface area contributed by atoms with Crippen molar-refractivity contribution in [2.75, 3.05) is 18.6 Å². The van der Waals surface area contributed by atoms with Crippen molar-refractivity contribution in [2.24, 2.45) is 17.4 Å². The first-order valence-corrected chi connectivity index (χ1v) is 11.5. The van der Waals surface area contributed by atoms with E-state index < -0.39 is 47.9 Å². The van der Waals surface area contributed by atoms with Crippen molar-refractivity contribution >= 4 is 35.5 Å². The van der Waals surface area contributed by atoms with Gasteiger partial charge in [0.1, 0.15) is 18.1 Å². The van der Waals surface area contributed by atoms with Crippen LogP contribution in [0.25, 0.3) is 0 Å². The zero-order valence-corrected chi connectivity index (χ0v) is 19.1. The SMILES string of the molecule is CSCCC(NC(=O)C(CCCCN)NC(=O)C(N)C(C)C)C(=O)NC(C)C(=O)O. The van der Waals surface area contributed by atoms with Gasteiger partial charge in [0.15, 0.2) is 0 Å². The maximum absolute atomic E-state index is 12.9. The van der Waals surface area contributed by atoms with Crippen molar-refractivity contribution in [3.05, 3.63) is 0 Å². The summed E-state index contributed by atoms with van der Waals surface area (Å²) in [6, 6.07) is -3.63. The zero-order valence-electron chi connectivity index (χ0n) is 18.3. The van der Waals surface area contributed by atoms with Crippen LogP contribution in [0.4, 0.5) is 0 Å². The van der Waals surface area contributed by atoms with Crippen LogP contribution in [0.5, 0.6) is 0 Å². The average Bonchev–Trinajstić information content (AvgIpc) is 2.68. The molecule has 174 valence electrons. The number of carboxylic acids is 1. The van der Waals surface area contributed by atoms with E-state index in [0.717, 1.165) is 0 Å². The molecule has 3 amide bonds. The van der Waals surface area contributed by atoms with Crippen molar-refractivity contribution in [1.82, 2.24) is 16.0 Å².